The lowest BCUT2D eigenvalue weighted by atomic mass is 10.1. The summed E-state index contributed by atoms with van der Waals surface area (Å²) in [6.07, 6.45) is 3.11. The summed E-state index contributed by atoms with van der Waals surface area (Å²) in [6.45, 7) is 3.35. The Morgan fingerprint density at radius 3 is 3.06 bits per heavy atom. The molecule has 16 heavy (non-hydrogen) atoms. The molecule has 1 aliphatic heterocycles. The first-order valence-corrected chi connectivity index (χ1v) is 5.49. The summed E-state index contributed by atoms with van der Waals surface area (Å²) in [6, 6.07) is 1.93. The van der Waals surface area contributed by atoms with Crippen molar-refractivity contribution in [2.24, 2.45) is 5.92 Å². The van der Waals surface area contributed by atoms with E-state index in [2.05, 4.69) is 9.97 Å². The fourth-order valence-corrected chi connectivity index (χ4v) is 1.92. The lowest BCUT2D eigenvalue weighted by molar-refractivity contribution is -0.140. The van der Waals surface area contributed by atoms with E-state index in [1.807, 2.05) is 17.9 Å². The Hall–Kier alpha value is -1.65. The highest BCUT2D eigenvalue weighted by molar-refractivity contribution is 5.71. The highest BCUT2D eigenvalue weighted by atomic mass is 16.4. The smallest absolute Gasteiger partial charge is 0.308 e. The molecule has 0 unspecified atom stereocenters. The van der Waals surface area contributed by atoms with Gasteiger partial charge in [0.1, 0.15) is 12.1 Å². The standard InChI is InChI=1S/C11H15N3O2/c1-2-9-5-10(13-7-12-9)14-4-3-8(6-14)11(15)16/h5,7-8H,2-4,6H2,1H3,(H,15,16)/t8-/m0/s1. The van der Waals surface area contributed by atoms with Gasteiger partial charge in [0.25, 0.3) is 0 Å². The van der Waals surface area contributed by atoms with Gasteiger partial charge in [0.05, 0.1) is 5.92 Å². The van der Waals surface area contributed by atoms with Crippen molar-refractivity contribution in [3.05, 3.63) is 18.1 Å². The van der Waals surface area contributed by atoms with Gasteiger partial charge in [-0.2, -0.15) is 0 Å². The summed E-state index contributed by atoms with van der Waals surface area (Å²) < 4.78 is 0. The van der Waals surface area contributed by atoms with Gasteiger partial charge >= 0.3 is 5.97 Å². The zero-order chi connectivity index (χ0) is 11.5. The summed E-state index contributed by atoms with van der Waals surface area (Å²) >= 11 is 0. The van der Waals surface area contributed by atoms with Gasteiger partial charge in [-0.25, -0.2) is 9.97 Å². The third-order valence-electron chi connectivity index (χ3n) is 2.93. The summed E-state index contributed by atoms with van der Waals surface area (Å²) in [5.41, 5.74) is 0.990. The minimum absolute atomic E-state index is 0.264. The SMILES string of the molecule is CCc1cc(N2CC[C@H](C(=O)O)C2)ncn1. The fourth-order valence-electron chi connectivity index (χ4n) is 1.92. The van der Waals surface area contributed by atoms with E-state index in [0.717, 1.165) is 24.5 Å². The monoisotopic (exact) mass is 221 g/mol. The molecule has 0 aromatic carbocycles. The molecule has 0 aliphatic carbocycles. The van der Waals surface area contributed by atoms with Gasteiger partial charge in [-0.15, -0.1) is 0 Å². The second kappa shape index (κ2) is 4.47. The predicted molar refractivity (Wildman–Crippen MR) is 59.4 cm³/mol. The van der Waals surface area contributed by atoms with E-state index in [1.165, 1.54) is 0 Å². The van der Waals surface area contributed by atoms with Crippen LogP contribution in [0.5, 0.6) is 0 Å². The van der Waals surface area contributed by atoms with Crippen LogP contribution in [0.3, 0.4) is 0 Å². The molecule has 0 saturated carbocycles. The van der Waals surface area contributed by atoms with Crippen LogP contribution in [0.4, 0.5) is 5.82 Å². The van der Waals surface area contributed by atoms with Gasteiger partial charge in [0.15, 0.2) is 0 Å². The Bertz CT molecular complexity index is 395. The molecule has 1 atom stereocenters. The van der Waals surface area contributed by atoms with Gasteiger partial charge in [-0.05, 0) is 12.8 Å². The maximum absolute atomic E-state index is 10.8. The van der Waals surface area contributed by atoms with Gasteiger partial charge in [0.2, 0.25) is 0 Å². The number of anilines is 1. The van der Waals surface area contributed by atoms with E-state index in [1.54, 1.807) is 6.33 Å². The van der Waals surface area contributed by atoms with Crippen LogP contribution in [-0.4, -0.2) is 34.1 Å². The molecular formula is C11H15N3O2. The van der Waals surface area contributed by atoms with Crippen molar-refractivity contribution >= 4 is 11.8 Å². The van der Waals surface area contributed by atoms with Crippen LogP contribution in [0.25, 0.3) is 0 Å². The third kappa shape index (κ3) is 2.13. The number of hydrogen-bond donors (Lipinski definition) is 1. The number of nitrogens with zero attached hydrogens (tertiary/aromatic N) is 3. The van der Waals surface area contributed by atoms with Crippen molar-refractivity contribution in [1.29, 1.82) is 0 Å². The number of hydrogen-bond acceptors (Lipinski definition) is 4. The molecule has 1 saturated heterocycles. The molecule has 1 fully saturated rings. The van der Waals surface area contributed by atoms with E-state index in [-0.39, 0.29) is 5.92 Å². The lowest BCUT2D eigenvalue weighted by Crippen LogP contribution is -2.23. The topological polar surface area (TPSA) is 66.3 Å². The van der Waals surface area contributed by atoms with Crippen LogP contribution in [0, 0.1) is 5.92 Å². The minimum Gasteiger partial charge on any atom is -0.481 e. The largest absolute Gasteiger partial charge is 0.481 e. The summed E-state index contributed by atoms with van der Waals surface area (Å²) in [4.78, 5) is 21.2. The first-order chi connectivity index (χ1) is 7.70. The zero-order valence-electron chi connectivity index (χ0n) is 9.26. The first kappa shape index (κ1) is 10.9. The number of aromatic nitrogens is 2. The lowest BCUT2D eigenvalue weighted by Gasteiger charge is -2.16. The Kier molecular flexibility index (Phi) is 3.03. The second-order valence-corrected chi connectivity index (χ2v) is 3.99. The number of aliphatic carboxylic acids is 1. The summed E-state index contributed by atoms with van der Waals surface area (Å²) in [5.74, 6) is -0.136. The second-order valence-electron chi connectivity index (χ2n) is 3.99. The van der Waals surface area contributed by atoms with Crippen molar-refractivity contribution in [3.8, 4) is 0 Å². The Labute approximate surface area is 94.1 Å². The first-order valence-electron chi connectivity index (χ1n) is 5.49. The molecule has 1 aliphatic rings. The molecule has 0 spiro atoms. The van der Waals surface area contributed by atoms with Crippen LogP contribution in [-0.2, 0) is 11.2 Å². The summed E-state index contributed by atoms with van der Waals surface area (Å²) in [7, 11) is 0. The highest BCUT2D eigenvalue weighted by Crippen LogP contribution is 2.22. The van der Waals surface area contributed by atoms with Crippen LogP contribution < -0.4 is 4.90 Å². The molecule has 0 amide bonds. The quantitative estimate of drug-likeness (QED) is 0.823. The van der Waals surface area contributed by atoms with Crippen molar-refractivity contribution < 1.29 is 9.90 Å². The van der Waals surface area contributed by atoms with Crippen molar-refractivity contribution in [3.63, 3.8) is 0 Å². The van der Waals surface area contributed by atoms with E-state index < -0.39 is 5.97 Å². The van der Waals surface area contributed by atoms with Gasteiger partial charge in [-0.3, -0.25) is 4.79 Å². The fraction of sp³-hybridized carbons (Fsp3) is 0.545. The van der Waals surface area contributed by atoms with E-state index >= 15 is 0 Å². The van der Waals surface area contributed by atoms with Crippen molar-refractivity contribution in [2.75, 3.05) is 18.0 Å². The van der Waals surface area contributed by atoms with E-state index in [9.17, 15) is 4.79 Å². The zero-order valence-corrected chi connectivity index (χ0v) is 9.26. The summed E-state index contributed by atoms with van der Waals surface area (Å²) in [5, 5.41) is 8.92. The number of carboxylic acids is 1. The molecule has 0 radical (unpaired) electrons. The highest BCUT2D eigenvalue weighted by Gasteiger charge is 2.28. The average molecular weight is 221 g/mol. The van der Waals surface area contributed by atoms with Gasteiger partial charge in [0, 0.05) is 24.8 Å². The number of carboxylic acid groups (broad SMARTS) is 1. The Morgan fingerprint density at radius 1 is 1.62 bits per heavy atom. The Morgan fingerprint density at radius 2 is 2.44 bits per heavy atom. The molecule has 5 nitrogen and oxygen atoms in total. The average Bonchev–Trinajstić information content (AvgIpc) is 2.78. The maximum Gasteiger partial charge on any atom is 0.308 e. The van der Waals surface area contributed by atoms with Gasteiger partial charge < -0.3 is 10.0 Å². The number of carbonyl (C=O) groups is 1. The molecule has 2 rings (SSSR count). The van der Waals surface area contributed by atoms with E-state index in [4.69, 9.17) is 5.11 Å². The Balaban J connectivity index is 2.11. The molecule has 5 heteroatoms. The van der Waals surface area contributed by atoms with Crippen LogP contribution in [0.15, 0.2) is 12.4 Å². The molecule has 2 heterocycles. The number of aryl methyl sites for hydroxylation is 1. The number of rotatable bonds is 3. The molecule has 1 N–H and O–H groups in total. The van der Waals surface area contributed by atoms with Crippen molar-refractivity contribution in [1.82, 2.24) is 9.97 Å². The maximum atomic E-state index is 10.8. The molecule has 86 valence electrons. The van der Waals surface area contributed by atoms with Crippen LogP contribution in [0.2, 0.25) is 0 Å². The van der Waals surface area contributed by atoms with Crippen molar-refractivity contribution in [2.45, 2.75) is 19.8 Å². The minimum atomic E-state index is -0.715. The van der Waals surface area contributed by atoms with Crippen LogP contribution >= 0.6 is 0 Å². The predicted octanol–water partition coefficient (Wildman–Crippen LogP) is 0.950. The van der Waals surface area contributed by atoms with Crippen LogP contribution in [0.1, 0.15) is 19.0 Å². The molecular weight excluding hydrogens is 206 g/mol. The molecule has 1 aromatic rings. The van der Waals surface area contributed by atoms with Gasteiger partial charge in [-0.1, -0.05) is 6.92 Å². The normalized spacial score (nSPS) is 20.1. The molecule has 0 bridgehead atoms. The van der Waals surface area contributed by atoms with E-state index in [0.29, 0.717) is 13.0 Å². The molecule has 1 aromatic heterocycles. The third-order valence-corrected chi connectivity index (χ3v) is 2.93.